The molecule has 0 bridgehead atoms. The standard InChI is InChI=1S/C15H20N2O/c1-11-10-13-6-4-5-7-14(13)17-15(11)16-12(2)8-9-18-3/h4-7,10,12H,8-9H2,1-3H3,(H,16,17). The van der Waals surface area contributed by atoms with Gasteiger partial charge in [0, 0.05) is 25.1 Å². The minimum atomic E-state index is 0.359. The van der Waals surface area contributed by atoms with Crippen LogP contribution < -0.4 is 5.32 Å². The van der Waals surface area contributed by atoms with E-state index in [1.54, 1.807) is 7.11 Å². The smallest absolute Gasteiger partial charge is 0.129 e. The van der Waals surface area contributed by atoms with Gasteiger partial charge < -0.3 is 10.1 Å². The molecule has 1 unspecified atom stereocenters. The molecule has 0 aliphatic rings. The lowest BCUT2D eigenvalue weighted by molar-refractivity contribution is 0.191. The zero-order valence-electron chi connectivity index (χ0n) is 11.2. The van der Waals surface area contributed by atoms with Gasteiger partial charge in [-0.25, -0.2) is 4.98 Å². The van der Waals surface area contributed by atoms with Crippen molar-refractivity contribution in [3.05, 3.63) is 35.9 Å². The summed E-state index contributed by atoms with van der Waals surface area (Å²) in [6.07, 6.45) is 0.977. The summed E-state index contributed by atoms with van der Waals surface area (Å²) in [6.45, 7) is 5.00. The highest BCUT2D eigenvalue weighted by Crippen LogP contribution is 2.20. The highest BCUT2D eigenvalue weighted by Gasteiger charge is 2.06. The van der Waals surface area contributed by atoms with Crippen molar-refractivity contribution < 1.29 is 4.74 Å². The Labute approximate surface area is 108 Å². The number of aryl methyl sites for hydroxylation is 1. The third kappa shape index (κ3) is 2.99. The number of anilines is 1. The molecule has 1 atom stereocenters. The molecular weight excluding hydrogens is 224 g/mol. The Morgan fingerprint density at radius 3 is 2.89 bits per heavy atom. The molecule has 3 nitrogen and oxygen atoms in total. The topological polar surface area (TPSA) is 34.1 Å². The Morgan fingerprint density at radius 1 is 1.33 bits per heavy atom. The van der Waals surface area contributed by atoms with Crippen LogP contribution >= 0.6 is 0 Å². The average Bonchev–Trinajstić information content (AvgIpc) is 2.37. The van der Waals surface area contributed by atoms with Crippen LogP contribution in [0.3, 0.4) is 0 Å². The van der Waals surface area contributed by atoms with E-state index >= 15 is 0 Å². The number of pyridine rings is 1. The first-order valence-corrected chi connectivity index (χ1v) is 6.32. The maximum absolute atomic E-state index is 5.09. The molecule has 1 aromatic carbocycles. The van der Waals surface area contributed by atoms with E-state index in [0.29, 0.717) is 6.04 Å². The number of hydrogen-bond donors (Lipinski definition) is 1. The first-order valence-electron chi connectivity index (χ1n) is 6.32. The number of hydrogen-bond acceptors (Lipinski definition) is 3. The van der Waals surface area contributed by atoms with Crippen molar-refractivity contribution in [1.82, 2.24) is 4.98 Å². The summed E-state index contributed by atoms with van der Waals surface area (Å²) in [4.78, 5) is 4.67. The number of ether oxygens (including phenoxy) is 1. The van der Waals surface area contributed by atoms with Gasteiger partial charge in [-0.3, -0.25) is 0 Å². The Hall–Kier alpha value is -1.61. The summed E-state index contributed by atoms with van der Waals surface area (Å²) in [6, 6.07) is 10.7. The van der Waals surface area contributed by atoms with Gasteiger partial charge in [-0.2, -0.15) is 0 Å². The maximum Gasteiger partial charge on any atom is 0.129 e. The molecule has 1 aromatic heterocycles. The van der Waals surface area contributed by atoms with E-state index in [1.165, 1.54) is 10.9 Å². The van der Waals surface area contributed by atoms with Gasteiger partial charge in [0.25, 0.3) is 0 Å². The van der Waals surface area contributed by atoms with E-state index in [0.717, 1.165) is 24.4 Å². The molecule has 2 rings (SSSR count). The van der Waals surface area contributed by atoms with Crippen molar-refractivity contribution >= 4 is 16.7 Å². The summed E-state index contributed by atoms with van der Waals surface area (Å²) in [5.74, 6) is 0.970. The van der Waals surface area contributed by atoms with Gasteiger partial charge in [0.1, 0.15) is 5.82 Å². The molecule has 1 N–H and O–H groups in total. The molecule has 0 amide bonds. The van der Waals surface area contributed by atoms with Gasteiger partial charge in [0.15, 0.2) is 0 Å². The lowest BCUT2D eigenvalue weighted by Crippen LogP contribution is -2.18. The van der Waals surface area contributed by atoms with Gasteiger partial charge in [-0.15, -0.1) is 0 Å². The minimum absolute atomic E-state index is 0.359. The van der Waals surface area contributed by atoms with Gasteiger partial charge in [-0.05, 0) is 38.0 Å². The number of aromatic nitrogens is 1. The van der Waals surface area contributed by atoms with Crippen molar-refractivity contribution in [2.24, 2.45) is 0 Å². The molecule has 1 heterocycles. The summed E-state index contributed by atoms with van der Waals surface area (Å²) in [5.41, 5.74) is 2.21. The maximum atomic E-state index is 5.09. The van der Waals surface area contributed by atoms with Crippen LogP contribution in [0.25, 0.3) is 10.9 Å². The molecular formula is C15H20N2O. The third-order valence-electron chi connectivity index (χ3n) is 3.05. The van der Waals surface area contributed by atoms with Crippen LogP contribution in [0.1, 0.15) is 18.9 Å². The second kappa shape index (κ2) is 5.83. The Kier molecular flexibility index (Phi) is 4.15. The van der Waals surface area contributed by atoms with Gasteiger partial charge in [0.05, 0.1) is 5.52 Å². The van der Waals surface area contributed by atoms with Crippen molar-refractivity contribution in [2.45, 2.75) is 26.3 Å². The fraction of sp³-hybridized carbons (Fsp3) is 0.400. The van der Waals surface area contributed by atoms with Crippen molar-refractivity contribution in [3.63, 3.8) is 0 Å². The van der Waals surface area contributed by atoms with Crippen LogP contribution in [0.5, 0.6) is 0 Å². The lowest BCUT2D eigenvalue weighted by atomic mass is 10.1. The SMILES string of the molecule is COCCC(C)Nc1nc2ccccc2cc1C. The van der Waals surface area contributed by atoms with E-state index in [-0.39, 0.29) is 0 Å². The molecule has 0 aliphatic carbocycles. The van der Waals surface area contributed by atoms with E-state index < -0.39 is 0 Å². The first kappa shape index (κ1) is 12.8. The molecule has 0 spiro atoms. The van der Waals surface area contributed by atoms with Crippen LogP contribution in [0, 0.1) is 6.92 Å². The number of nitrogens with zero attached hydrogens (tertiary/aromatic N) is 1. The molecule has 0 saturated heterocycles. The van der Waals surface area contributed by atoms with E-state index in [4.69, 9.17) is 4.74 Å². The molecule has 96 valence electrons. The number of benzene rings is 1. The first-order chi connectivity index (χ1) is 8.70. The zero-order chi connectivity index (χ0) is 13.0. The predicted octanol–water partition coefficient (Wildman–Crippen LogP) is 3.38. The summed E-state index contributed by atoms with van der Waals surface area (Å²) >= 11 is 0. The normalized spacial score (nSPS) is 12.6. The van der Waals surface area contributed by atoms with Gasteiger partial charge >= 0.3 is 0 Å². The summed E-state index contributed by atoms with van der Waals surface area (Å²) < 4.78 is 5.09. The van der Waals surface area contributed by atoms with Crippen molar-refractivity contribution in [2.75, 3.05) is 19.0 Å². The van der Waals surface area contributed by atoms with Crippen LogP contribution in [0.4, 0.5) is 5.82 Å². The van der Waals surface area contributed by atoms with Crippen LogP contribution in [-0.4, -0.2) is 24.7 Å². The number of para-hydroxylation sites is 1. The van der Waals surface area contributed by atoms with Crippen LogP contribution in [-0.2, 0) is 4.74 Å². The Morgan fingerprint density at radius 2 is 2.11 bits per heavy atom. The average molecular weight is 244 g/mol. The third-order valence-corrected chi connectivity index (χ3v) is 3.05. The molecule has 0 radical (unpaired) electrons. The quantitative estimate of drug-likeness (QED) is 0.875. The highest BCUT2D eigenvalue weighted by atomic mass is 16.5. The van der Waals surface area contributed by atoms with Crippen LogP contribution in [0.2, 0.25) is 0 Å². The van der Waals surface area contributed by atoms with E-state index in [2.05, 4.69) is 36.3 Å². The monoisotopic (exact) mass is 244 g/mol. The lowest BCUT2D eigenvalue weighted by Gasteiger charge is -2.16. The zero-order valence-corrected chi connectivity index (χ0v) is 11.2. The molecule has 0 aliphatic heterocycles. The summed E-state index contributed by atoms with van der Waals surface area (Å²) in [7, 11) is 1.73. The fourth-order valence-electron chi connectivity index (χ4n) is 1.97. The highest BCUT2D eigenvalue weighted by molar-refractivity contribution is 5.81. The largest absolute Gasteiger partial charge is 0.385 e. The number of rotatable bonds is 5. The molecule has 18 heavy (non-hydrogen) atoms. The second-order valence-corrected chi connectivity index (χ2v) is 4.67. The fourth-order valence-corrected chi connectivity index (χ4v) is 1.97. The Bertz CT molecular complexity index is 525. The second-order valence-electron chi connectivity index (χ2n) is 4.67. The number of methoxy groups -OCH3 is 1. The van der Waals surface area contributed by atoms with E-state index in [1.807, 2.05) is 18.2 Å². The predicted molar refractivity (Wildman–Crippen MR) is 76.1 cm³/mol. The van der Waals surface area contributed by atoms with Gasteiger partial charge in [0.2, 0.25) is 0 Å². The minimum Gasteiger partial charge on any atom is -0.385 e. The Balaban J connectivity index is 2.19. The number of nitrogens with one attached hydrogen (secondary N) is 1. The molecule has 3 heteroatoms. The molecule has 0 fully saturated rings. The number of fused-ring (bicyclic) bond motifs is 1. The van der Waals surface area contributed by atoms with E-state index in [9.17, 15) is 0 Å². The molecule has 0 saturated carbocycles. The van der Waals surface area contributed by atoms with Crippen molar-refractivity contribution in [1.29, 1.82) is 0 Å². The van der Waals surface area contributed by atoms with Crippen LogP contribution in [0.15, 0.2) is 30.3 Å². The summed E-state index contributed by atoms with van der Waals surface area (Å²) in [5, 5.41) is 4.63. The molecule has 2 aromatic rings. The van der Waals surface area contributed by atoms with Crippen molar-refractivity contribution in [3.8, 4) is 0 Å². The van der Waals surface area contributed by atoms with Gasteiger partial charge in [-0.1, -0.05) is 18.2 Å².